The largest absolute Gasteiger partial charge is 0.419 e. The van der Waals surface area contributed by atoms with Gasteiger partial charge in [0.2, 0.25) is 0 Å². The molecule has 3 aliphatic carbocycles. The number of benzene rings is 1. The highest BCUT2D eigenvalue weighted by atomic mass is 19.4. The van der Waals surface area contributed by atoms with E-state index in [1.54, 1.807) is 16.4 Å². The number of amides is 1. The number of nitrogens with zero attached hydrogens (tertiary/aromatic N) is 3. The summed E-state index contributed by atoms with van der Waals surface area (Å²) in [5, 5.41) is 0. The van der Waals surface area contributed by atoms with E-state index < -0.39 is 29.5 Å². The number of anilines is 1. The number of halogens is 4. The predicted molar refractivity (Wildman–Crippen MR) is 125 cm³/mol. The Hall–Kier alpha value is -2.88. The van der Waals surface area contributed by atoms with Crippen molar-refractivity contribution in [2.45, 2.75) is 50.5 Å². The van der Waals surface area contributed by atoms with E-state index in [-0.39, 0.29) is 51.7 Å². The minimum absolute atomic E-state index is 0.0397. The number of hydrogen-bond acceptors (Lipinski definition) is 4. The SMILES string of the molecule is C[C@H](c1cccc(C(F)(F)F)c1F)N(c1cc(=O)n([C@@H]2CC23CC3)cc1C(N)=O)C1C2CN(C)CC21. The van der Waals surface area contributed by atoms with E-state index in [0.717, 1.165) is 38.4 Å². The molecule has 1 aromatic heterocycles. The van der Waals surface area contributed by atoms with Crippen LogP contribution in [0.25, 0.3) is 0 Å². The molecular formula is C26H28F4N4O2. The lowest BCUT2D eigenvalue weighted by molar-refractivity contribution is -0.140. The van der Waals surface area contributed by atoms with Crippen molar-refractivity contribution in [2.75, 3.05) is 25.0 Å². The van der Waals surface area contributed by atoms with Crippen molar-refractivity contribution in [1.29, 1.82) is 0 Å². The molecule has 1 aromatic carbocycles. The molecule has 1 aliphatic heterocycles. The quantitative estimate of drug-likeness (QED) is 0.605. The van der Waals surface area contributed by atoms with E-state index in [2.05, 4.69) is 4.90 Å². The molecule has 3 saturated carbocycles. The number of aromatic nitrogens is 1. The third kappa shape index (κ3) is 3.55. The molecule has 2 aromatic rings. The van der Waals surface area contributed by atoms with Crippen molar-refractivity contribution in [3.8, 4) is 0 Å². The van der Waals surface area contributed by atoms with Crippen molar-refractivity contribution in [1.82, 2.24) is 9.47 Å². The Labute approximate surface area is 205 Å². The predicted octanol–water partition coefficient (Wildman–Crippen LogP) is 3.96. The van der Waals surface area contributed by atoms with Gasteiger partial charge in [0.1, 0.15) is 5.82 Å². The molecule has 4 fully saturated rings. The number of primary amides is 1. The minimum atomic E-state index is -4.84. The van der Waals surface area contributed by atoms with Crippen molar-refractivity contribution in [2.24, 2.45) is 23.0 Å². The van der Waals surface area contributed by atoms with Gasteiger partial charge in [0.15, 0.2) is 0 Å². The van der Waals surface area contributed by atoms with Gasteiger partial charge in [-0.05, 0) is 56.6 Å². The van der Waals surface area contributed by atoms with Gasteiger partial charge < -0.3 is 20.1 Å². The molecule has 1 amide bonds. The fraction of sp³-hybridized carbons (Fsp3) is 0.538. The first-order chi connectivity index (χ1) is 16.9. The zero-order valence-corrected chi connectivity index (χ0v) is 20.1. The first-order valence-corrected chi connectivity index (χ1v) is 12.3. The maximum absolute atomic E-state index is 15.2. The molecule has 0 bridgehead atoms. The maximum Gasteiger partial charge on any atom is 0.419 e. The smallest absolute Gasteiger partial charge is 0.365 e. The van der Waals surface area contributed by atoms with Crippen molar-refractivity contribution in [3.05, 3.63) is 63.3 Å². The lowest BCUT2D eigenvalue weighted by atomic mass is 10.00. The summed E-state index contributed by atoms with van der Waals surface area (Å²) in [7, 11) is 1.99. The molecule has 2 unspecified atom stereocenters. The molecule has 4 atom stereocenters. The van der Waals surface area contributed by atoms with Crippen LogP contribution in [0.3, 0.4) is 0 Å². The fourth-order valence-corrected chi connectivity index (χ4v) is 6.59. The minimum Gasteiger partial charge on any atom is -0.365 e. The van der Waals surface area contributed by atoms with E-state index in [0.29, 0.717) is 0 Å². The van der Waals surface area contributed by atoms with Crippen LogP contribution in [0.2, 0.25) is 0 Å². The third-order valence-corrected chi connectivity index (χ3v) is 8.83. The van der Waals surface area contributed by atoms with E-state index in [4.69, 9.17) is 5.73 Å². The second kappa shape index (κ2) is 7.57. The van der Waals surface area contributed by atoms with Crippen LogP contribution in [0.4, 0.5) is 23.2 Å². The Balaban J connectivity index is 1.46. The number of carbonyl (C=O) groups excluding carboxylic acids is 1. The summed E-state index contributed by atoms with van der Waals surface area (Å²) in [5.74, 6) is -1.66. The number of carbonyl (C=O) groups is 1. The van der Waals surface area contributed by atoms with Gasteiger partial charge in [0.25, 0.3) is 11.5 Å². The van der Waals surface area contributed by atoms with Crippen LogP contribution < -0.4 is 16.2 Å². The van der Waals surface area contributed by atoms with Gasteiger partial charge in [-0.2, -0.15) is 13.2 Å². The normalized spacial score (nSPS) is 28.6. The van der Waals surface area contributed by atoms with E-state index in [1.165, 1.54) is 24.4 Å². The number of pyridine rings is 1. The number of piperidine rings is 1. The van der Waals surface area contributed by atoms with Crippen molar-refractivity contribution < 1.29 is 22.4 Å². The molecule has 36 heavy (non-hydrogen) atoms. The van der Waals surface area contributed by atoms with Crippen LogP contribution in [0.1, 0.15) is 59.8 Å². The summed E-state index contributed by atoms with van der Waals surface area (Å²) < 4.78 is 57.2. The summed E-state index contributed by atoms with van der Waals surface area (Å²) >= 11 is 0. The second-order valence-electron chi connectivity index (χ2n) is 11.1. The van der Waals surface area contributed by atoms with Gasteiger partial charge in [0.05, 0.1) is 22.9 Å². The summed E-state index contributed by atoms with van der Waals surface area (Å²) in [6.07, 6.45) is -0.349. The maximum atomic E-state index is 15.2. The van der Waals surface area contributed by atoms with Gasteiger partial charge in [-0.3, -0.25) is 9.59 Å². The zero-order chi connectivity index (χ0) is 25.7. The number of hydrogen-bond donors (Lipinski definition) is 1. The Morgan fingerprint density at radius 1 is 1.22 bits per heavy atom. The molecule has 6 rings (SSSR count). The molecule has 192 valence electrons. The highest BCUT2D eigenvalue weighted by Gasteiger charge is 2.64. The number of rotatable bonds is 6. The fourth-order valence-electron chi connectivity index (χ4n) is 6.59. The van der Waals surface area contributed by atoms with Crippen LogP contribution in [0.5, 0.6) is 0 Å². The topological polar surface area (TPSA) is 71.6 Å². The first-order valence-electron chi connectivity index (χ1n) is 12.3. The molecule has 2 N–H and O–H groups in total. The van der Waals surface area contributed by atoms with Crippen LogP contribution >= 0.6 is 0 Å². The highest BCUT2D eigenvalue weighted by Crippen LogP contribution is 2.72. The number of likely N-dealkylation sites (tertiary alicyclic amines) is 1. The lowest BCUT2D eigenvalue weighted by Gasteiger charge is -2.36. The molecule has 2 heterocycles. The molecule has 6 nitrogen and oxygen atoms in total. The van der Waals surface area contributed by atoms with Crippen LogP contribution in [0, 0.1) is 23.1 Å². The number of fused-ring (bicyclic) bond motifs is 1. The van der Waals surface area contributed by atoms with Crippen LogP contribution in [-0.4, -0.2) is 41.6 Å². The average Bonchev–Trinajstić information content (AvgIpc) is 3.75. The molecule has 1 spiro atoms. The Morgan fingerprint density at radius 2 is 1.89 bits per heavy atom. The Kier molecular flexibility index (Phi) is 4.94. The van der Waals surface area contributed by atoms with Crippen molar-refractivity contribution in [3.63, 3.8) is 0 Å². The summed E-state index contributed by atoms with van der Waals surface area (Å²) in [6, 6.07) is 3.64. The van der Waals surface area contributed by atoms with Crippen LogP contribution in [0.15, 0.2) is 35.3 Å². The summed E-state index contributed by atoms with van der Waals surface area (Å²) in [5.41, 5.74) is 4.57. The lowest BCUT2D eigenvalue weighted by Crippen LogP contribution is -2.39. The third-order valence-electron chi connectivity index (χ3n) is 8.83. The monoisotopic (exact) mass is 504 g/mol. The number of nitrogens with two attached hydrogens (primary N) is 1. The van der Waals surface area contributed by atoms with Gasteiger partial charge in [-0.1, -0.05) is 12.1 Å². The zero-order valence-electron chi connectivity index (χ0n) is 20.1. The van der Waals surface area contributed by atoms with E-state index in [9.17, 15) is 22.8 Å². The summed E-state index contributed by atoms with van der Waals surface area (Å²) in [4.78, 5) is 29.8. The number of alkyl halides is 3. The molecular weight excluding hydrogens is 476 g/mol. The molecule has 1 saturated heterocycles. The molecule has 0 radical (unpaired) electrons. The first kappa shape index (κ1) is 23.5. The molecule has 10 heteroatoms. The average molecular weight is 505 g/mol. The van der Waals surface area contributed by atoms with Crippen LogP contribution in [-0.2, 0) is 6.18 Å². The van der Waals surface area contributed by atoms with E-state index in [1.807, 2.05) is 7.05 Å². The summed E-state index contributed by atoms with van der Waals surface area (Å²) in [6.45, 7) is 3.17. The van der Waals surface area contributed by atoms with Crippen molar-refractivity contribution >= 4 is 11.6 Å². The van der Waals surface area contributed by atoms with Gasteiger partial charge in [-0.25, -0.2) is 4.39 Å². The Morgan fingerprint density at radius 3 is 2.44 bits per heavy atom. The second-order valence-corrected chi connectivity index (χ2v) is 11.1. The standard InChI is InChI=1S/C26H28F4N4O2/c1-13(14-4-3-5-18(22(14)27)26(28,29)30)34(23-15-10-32(2)11-16(15)23)19-8-21(35)33(12-17(19)24(31)36)20-9-25(20)6-7-25/h3-5,8,12-13,15-16,20,23H,6-7,9-11H2,1-2H3,(H2,31,36)/t13-,15?,16?,20-,23?/m1/s1. The van der Waals surface area contributed by atoms with E-state index >= 15 is 4.39 Å². The van der Waals surface area contributed by atoms with Gasteiger partial charge >= 0.3 is 6.18 Å². The Bertz CT molecular complexity index is 1310. The van der Waals surface area contributed by atoms with Gasteiger partial charge in [-0.15, -0.1) is 0 Å². The molecule has 4 aliphatic rings. The highest BCUT2D eigenvalue weighted by molar-refractivity contribution is 5.98. The van der Waals surface area contributed by atoms with Gasteiger partial charge in [0, 0.05) is 43.0 Å².